The number of hydrogen-bond acceptors (Lipinski definition) is 5. The molecule has 1 aliphatic rings. The van der Waals surface area contributed by atoms with E-state index in [4.69, 9.17) is 4.74 Å². The Bertz CT molecular complexity index is 658. The van der Waals surface area contributed by atoms with Crippen molar-refractivity contribution in [3.63, 3.8) is 0 Å². The smallest absolute Gasteiger partial charge is 0.220 e. The number of rotatable bonds is 8. The number of ether oxygens (including phenoxy) is 1. The first-order chi connectivity index (χ1) is 11.9. The minimum atomic E-state index is -3.18. The first-order valence-electron chi connectivity index (χ1n) is 8.82. The number of carbonyl (C=O) groups excluding carboxylic acids is 1. The van der Waals surface area contributed by atoms with Crippen LogP contribution in [0.15, 0.2) is 29.2 Å². The molecule has 2 N–H and O–H groups in total. The van der Waals surface area contributed by atoms with E-state index in [9.17, 15) is 13.2 Å². The van der Waals surface area contributed by atoms with Crippen LogP contribution in [0.2, 0.25) is 0 Å². The van der Waals surface area contributed by atoms with E-state index in [1.807, 2.05) is 0 Å². The maximum Gasteiger partial charge on any atom is 0.220 e. The molecule has 1 aromatic carbocycles. The number of sulfone groups is 1. The molecule has 140 valence electrons. The fourth-order valence-corrected chi connectivity index (χ4v) is 3.51. The predicted molar refractivity (Wildman–Crippen MR) is 97.5 cm³/mol. The molecule has 6 nitrogen and oxygen atoms in total. The van der Waals surface area contributed by atoms with Crippen molar-refractivity contribution in [3.8, 4) is 5.75 Å². The highest BCUT2D eigenvalue weighted by molar-refractivity contribution is 7.90. The monoisotopic (exact) mass is 368 g/mol. The standard InChI is InChI=1S/C18H28N2O4S/c1-14-17(6-5-12-19-14)20-18(21)7-3-4-13-24-15-8-10-16(11-9-15)25(2,22)23/h8-11,14,17,19H,3-7,12-13H2,1-2H3,(H,20,21). The Morgan fingerprint density at radius 1 is 1.28 bits per heavy atom. The van der Waals surface area contributed by atoms with E-state index >= 15 is 0 Å². The molecule has 7 heteroatoms. The van der Waals surface area contributed by atoms with Crippen LogP contribution in [0.5, 0.6) is 5.75 Å². The zero-order valence-corrected chi connectivity index (χ0v) is 15.8. The molecule has 2 rings (SSSR count). The van der Waals surface area contributed by atoms with Crippen molar-refractivity contribution in [2.45, 2.75) is 56.0 Å². The van der Waals surface area contributed by atoms with Crippen molar-refractivity contribution in [2.24, 2.45) is 0 Å². The molecule has 0 aromatic heterocycles. The zero-order valence-electron chi connectivity index (χ0n) is 15.0. The molecule has 0 saturated carbocycles. The molecule has 0 bridgehead atoms. The second kappa shape index (κ2) is 9.20. The molecule has 1 aliphatic heterocycles. The Labute approximate surface area is 150 Å². The van der Waals surface area contributed by atoms with Gasteiger partial charge in [-0.15, -0.1) is 0 Å². The van der Waals surface area contributed by atoms with Gasteiger partial charge in [0.25, 0.3) is 0 Å². The second-order valence-corrected chi connectivity index (χ2v) is 8.62. The first-order valence-corrected chi connectivity index (χ1v) is 10.7. The normalized spacial score (nSPS) is 20.9. The van der Waals surface area contributed by atoms with E-state index in [2.05, 4.69) is 17.6 Å². The summed E-state index contributed by atoms with van der Waals surface area (Å²) in [5.74, 6) is 0.733. The Kier molecular flexibility index (Phi) is 7.25. The van der Waals surface area contributed by atoms with Gasteiger partial charge in [-0.2, -0.15) is 0 Å². The number of benzene rings is 1. The Hall–Kier alpha value is -1.60. The lowest BCUT2D eigenvalue weighted by Gasteiger charge is -2.30. The average Bonchev–Trinajstić information content (AvgIpc) is 2.56. The molecule has 0 aliphatic carbocycles. The van der Waals surface area contributed by atoms with Gasteiger partial charge < -0.3 is 15.4 Å². The molecule has 1 amide bonds. The minimum absolute atomic E-state index is 0.0954. The summed E-state index contributed by atoms with van der Waals surface area (Å²) in [6.07, 6.45) is 5.35. The van der Waals surface area contributed by atoms with Gasteiger partial charge in [-0.05, 0) is 63.4 Å². The van der Waals surface area contributed by atoms with Gasteiger partial charge in [-0.3, -0.25) is 4.79 Å². The van der Waals surface area contributed by atoms with Crippen LogP contribution < -0.4 is 15.4 Å². The third-order valence-electron chi connectivity index (χ3n) is 4.43. The Morgan fingerprint density at radius 2 is 2.00 bits per heavy atom. The minimum Gasteiger partial charge on any atom is -0.494 e. The lowest BCUT2D eigenvalue weighted by Crippen LogP contribution is -2.51. The van der Waals surface area contributed by atoms with E-state index in [1.165, 1.54) is 18.4 Å². The summed E-state index contributed by atoms with van der Waals surface area (Å²) < 4.78 is 28.4. The molecule has 1 aromatic rings. The van der Waals surface area contributed by atoms with Gasteiger partial charge >= 0.3 is 0 Å². The number of hydrogen-bond donors (Lipinski definition) is 2. The lowest BCUT2D eigenvalue weighted by molar-refractivity contribution is -0.122. The van der Waals surface area contributed by atoms with Gasteiger partial charge in [0.2, 0.25) is 5.91 Å². The Balaban J connectivity index is 1.62. The molecular weight excluding hydrogens is 340 g/mol. The van der Waals surface area contributed by atoms with Gasteiger partial charge in [0.1, 0.15) is 5.75 Å². The van der Waals surface area contributed by atoms with E-state index in [-0.39, 0.29) is 16.8 Å². The number of unbranched alkanes of at least 4 members (excludes halogenated alkanes) is 1. The SMILES string of the molecule is CC1NCCCC1NC(=O)CCCCOc1ccc(S(C)(=O)=O)cc1. The lowest BCUT2D eigenvalue weighted by atomic mass is 9.99. The summed E-state index contributed by atoms with van der Waals surface area (Å²) in [6.45, 7) is 3.63. The Morgan fingerprint density at radius 3 is 2.64 bits per heavy atom. The van der Waals surface area contributed by atoms with E-state index in [0.717, 1.165) is 32.2 Å². The van der Waals surface area contributed by atoms with Crippen molar-refractivity contribution >= 4 is 15.7 Å². The maximum atomic E-state index is 12.0. The summed E-state index contributed by atoms with van der Waals surface area (Å²) in [4.78, 5) is 12.3. The van der Waals surface area contributed by atoms with Gasteiger partial charge in [0, 0.05) is 24.8 Å². The van der Waals surface area contributed by atoms with Crippen LogP contribution in [0.25, 0.3) is 0 Å². The van der Waals surface area contributed by atoms with E-state index in [0.29, 0.717) is 24.8 Å². The topological polar surface area (TPSA) is 84.5 Å². The van der Waals surface area contributed by atoms with Crippen LogP contribution in [0.1, 0.15) is 39.0 Å². The summed E-state index contributed by atoms with van der Waals surface area (Å²) in [6, 6.07) is 6.94. The quantitative estimate of drug-likeness (QED) is 0.685. The van der Waals surface area contributed by atoms with Gasteiger partial charge in [0.15, 0.2) is 9.84 Å². The van der Waals surface area contributed by atoms with Crippen molar-refractivity contribution in [2.75, 3.05) is 19.4 Å². The highest BCUT2D eigenvalue weighted by atomic mass is 32.2. The third kappa shape index (κ3) is 6.66. The van der Waals surface area contributed by atoms with Crippen molar-refractivity contribution in [1.82, 2.24) is 10.6 Å². The molecule has 1 fully saturated rings. The number of carbonyl (C=O) groups is 1. The first kappa shape index (κ1) is 19.7. The van der Waals surface area contributed by atoms with Crippen LogP contribution in [0.3, 0.4) is 0 Å². The fourth-order valence-electron chi connectivity index (χ4n) is 2.88. The number of amides is 1. The number of nitrogens with one attached hydrogen (secondary N) is 2. The molecule has 1 heterocycles. The molecule has 1 saturated heterocycles. The zero-order chi connectivity index (χ0) is 18.3. The van der Waals surface area contributed by atoms with Crippen molar-refractivity contribution < 1.29 is 17.9 Å². The summed E-state index contributed by atoms with van der Waals surface area (Å²) >= 11 is 0. The second-order valence-electron chi connectivity index (χ2n) is 6.61. The third-order valence-corrected chi connectivity index (χ3v) is 5.56. The summed E-state index contributed by atoms with van der Waals surface area (Å²) in [7, 11) is -3.18. The van der Waals surface area contributed by atoms with Gasteiger partial charge in [-0.1, -0.05) is 0 Å². The highest BCUT2D eigenvalue weighted by Crippen LogP contribution is 2.16. The van der Waals surface area contributed by atoms with Gasteiger partial charge in [-0.25, -0.2) is 8.42 Å². The molecule has 0 spiro atoms. The number of piperidine rings is 1. The molecule has 2 atom stereocenters. The molecule has 0 radical (unpaired) electrons. The van der Waals surface area contributed by atoms with Crippen LogP contribution in [-0.4, -0.2) is 45.8 Å². The highest BCUT2D eigenvalue weighted by Gasteiger charge is 2.21. The maximum absolute atomic E-state index is 12.0. The van der Waals surface area contributed by atoms with Crippen molar-refractivity contribution in [1.29, 1.82) is 0 Å². The summed E-state index contributed by atoms with van der Waals surface area (Å²) in [5, 5.41) is 6.47. The van der Waals surface area contributed by atoms with Crippen LogP contribution >= 0.6 is 0 Å². The van der Waals surface area contributed by atoms with E-state index < -0.39 is 9.84 Å². The van der Waals surface area contributed by atoms with Crippen LogP contribution in [-0.2, 0) is 14.6 Å². The average molecular weight is 368 g/mol. The fraction of sp³-hybridized carbons (Fsp3) is 0.611. The largest absolute Gasteiger partial charge is 0.494 e. The molecule has 2 unspecified atom stereocenters. The van der Waals surface area contributed by atoms with Crippen molar-refractivity contribution in [3.05, 3.63) is 24.3 Å². The molecular formula is C18H28N2O4S. The van der Waals surface area contributed by atoms with Gasteiger partial charge in [0.05, 0.1) is 11.5 Å². The van der Waals surface area contributed by atoms with E-state index in [1.54, 1.807) is 12.1 Å². The van der Waals surface area contributed by atoms with Crippen LogP contribution in [0, 0.1) is 0 Å². The van der Waals surface area contributed by atoms with Crippen LogP contribution in [0.4, 0.5) is 0 Å². The predicted octanol–water partition coefficient (Wildman–Crippen LogP) is 1.90. The summed E-state index contributed by atoms with van der Waals surface area (Å²) in [5.41, 5.74) is 0. The molecule has 25 heavy (non-hydrogen) atoms.